The van der Waals surface area contributed by atoms with Gasteiger partial charge in [-0.3, -0.25) is 0 Å². The van der Waals surface area contributed by atoms with Crippen LogP contribution in [0.15, 0.2) is 45.8 Å². The van der Waals surface area contributed by atoms with Crippen molar-refractivity contribution in [3.63, 3.8) is 0 Å². The van der Waals surface area contributed by atoms with E-state index in [9.17, 15) is 4.79 Å². The molecule has 2 aromatic carbocycles. The number of rotatable bonds is 2. The van der Waals surface area contributed by atoms with Crippen molar-refractivity contribution in [2.75, 3.05) is 0 Å². The average Bonchev–Trinajstić information content (AvgIpc) is 2.84. The van der Waals surface area contributed by atoms with Crippen LogP contribution in [-0.4, -0.2) is 11.1 Å². The molecule has 3 rings (SSSR count). The number of fused-ring (bicyclic) bond motifs is 1. The fourth-order valence-electron chi connectivity index (χ4n) is 2.18. The summed E-state index contributed by atoms with van der Waals surface area (Å²) in [6.07, 6.45) is 1.56. The fourth-order valence-corrected chi connectivity index (χ4v) is 2.18. The molecular weight excluding hydrogens is 252 g/mol. The summed E-state index contributed by atoms with van der Waals surface area (Å²) in [6, 6.07) is 11.3. The maximum absolute atomic E-state index is 10.4. The van der Waals surface area contributed by atoms with E-state index in [-0.39, 0.29) is 0 Å². The first kappa shape index (κ1) is 12.3. The standard InChI is InChI=1S/C16H12N2O2/c1-10-6-7-15-14(8-10)18-16(20-15)12-4-3-5-13(11(12)2)17-9-19/h3-8H,1-2H3. The first-order chi connectivity index (χ1) is 9.69. The minimum absolute atomic E-state index is 0.533. The summed E-state index contributed by atoms with van der Waals surface area (Å²) in [5, 5.41) is 0. The van der Waals surface area contributed by atoms with Crippen molar-refractivity contribution in [2.45, 2.75) is 13.8 Å². The maximum Gasteiger partial charge on any atom is 0.240 e. The van der Waals surface area contributed by atoms with Crippen LogP contribution in [0, 0.1) is 13.8 Å². The molecule has 0 radical (unpaired) electrons. The Kier molecular flexibility index (Phi) is 2.93. The number of benzene rings is 2. The lowest BCUT2D eigenvalue weighted by Gasteiger charge is -2.03. The molecule has 0 aliphatic heterocycles. The van der Waals surface area contributed by atoms with Crippen LogP contribution in [0.5, 0.6) is 0 Å². The van der Waals surface area contributed by atoms with Crippen molar-refractivity contribution in [2.24, 2.45) is 4.99 Å². The predicted molar refractivity (Wildman–Crippen MR) is 76.7 cm³/mol. The molecule has 4 nitrogen and oxygen atoms in total. The summed E-state index contributed by atoms with van der Waals surface area (Å²) in [5.74, 6) is 0.533. The van der Waals surface area contributed by atoms with Crippen molar-refractivity contribution in [1.82, 2.24) is 4.98 Å². The van der Waals surface area contributed by atoms with E-state index < -0.39 is 0 Å². The molecule has 0 N–H and O–H groups in total. The minimum atomic E-state index is 0.533. The minimum Gasteiger partial charge on any atom is -0.436 e. The van der Waals surface area contributed by atoms with Crippen LogP contribution in [0.2, 0.25) is 0 Å². The van der Waals surface area contributed by atoms with Gasteiger partial charge in [0.05, 0.1) is 5.69 Å². The van der Waals surface area contributed by atoms with Gasteiger partial charge in [-0.2, -0.15) is 4.99 Å². The lowest BCUT2D eigenvalue weighted by Crippen LogP contribution is -1.83. The Morgan fingerprint density at radius 3 is 2.85 bits per heavy atom. The number of hydrogen-bond donors (Lipinski definition) is 0. The molecule has 0 spiro atoms. The van der Waals surface area contributed by atoms with Crippen LogP contribution >= 0.6 is 0 Å². The molecule has 0 aliphatic rings. The molecule has 0 saturated heterocycles. The van der Waals surface area contributed by atoms with Crippen LogP contribution in [0.4, 0.5) is 5.69 Å². The van der Waals surface area contributed by atoms with E-state index in [0.717, 1.165) is 27.8 Å². The number of hydrogen-bond acceptors (Lipinski definition) is 4. The van der Waals surface area contributed by atoms with Gasteiger partial charge in [0.2, 0.25) is 12.0 Å². The monoisotopic (exact) mass is 264 g/mol. The summed E-state index contributed by atoms with van der Waals surface area (Å²) in [5.41, 5.74) is 4.96. The molecule has 20 heavy (non-hydrogen) atoms. The summed E-state index contributed by atoms with van der Waals surface area (Å²) in [4.78, 5) is 18.6. The highest BCUT2D eigenvalue weighted by molar-refractivity contribution is 5.78. The molecule has 0 saturated carbocycles. The first-order valence-corrected chi connectivity index (χ1v) is 6.24. The van der Waals surface area contributed by atoms with Gasteiger partial charge in [0.15, 0.2) is 5.58 Å². The van der Waals surface area contributed by atoms with Gasteiger partial charge in [0, 0.05) is 5.56 Å². The van der Waals surface area contributed by atoms with Crippen LogP contribution in [-0.2, 0) is 4.79 Å². The van der Waals surface area contributed by atoms with Gasteiger partial charge in [-0.25, -0.2) is 9.78 Å². The molecule has 0 fully saturated rings. The molecule has 0 bridgehead atoms. The summed E-state index contributed by atoms with van der Waals surface area (Å²) < 4.78 is 5.77. The zero-order valence-corrected chi connectivity index (χ0v) is 11.2. The van der Waals surface area contributed by atoms with E-state index in [1.165, 1.54) is 0 Å². The zero-order chi connectivity index (χ0) is 14.1. The fraction of sp³-hybridized carbons (Fsp3) is 0.125. The second kappa shape index (κ2) is 4.76. The Bertz CT molecular complexity index is 843. The molecule has 98 valence electrons. The number of aromatic nitrogens is 1. The van der Waals surface area contributed by atoms with Crippen LogP contribution < -0.4 is 0 Å². The number of oxazole rings is 1. The third kappa shape index (κ3) is 2.02. The largest absolute Gasteiger partial charge is 0.436 e. The Morgan fingerprint density at radius 2 is 2.05 bits per heavy atom. The predicted octanol–water partition coefficient (Wildman–Crippen LogP) is 4.08. The van der Waals surface area contributed by atoms with Gasteiger partial charge in [0.25, 0.3) is 0 Å². The van der Waals surface area contributed by atoms with E-state index >= 15 is 0 Å². The summed E-state index contributed by atoms with van der Waals surface area (Å²) in [7, 11) is 0. The lowest BCUT2D eigenvalue weighted by atomic mass is 10.1. The first-order valence-electron chi connectivity index (χ1n) is 6.24. The number of aryl methyl sites for hydroxylation is 1. The quantitative estimate of drug-likeness (QED) is 0.517. The third-order valence-corrected chi connectivity index (χ3v) is 3.24. The van der Waals surface area contributed by atoms with Crippen molar-refractivity contribution >= 4 is 22.9 Å². The Hall–Kier alpha value is -2.71. The van der Waals surface area contributed by atoms with Crippen molar-refractivity contribution in [3.8, 4) is 11.5 Å². The van der Waals surface area contributed by atoms with Gasteiger partial charge in [-0.05, 0) is 49.2 Å². The van der Waals surface area contributed by atoms with Crippen LogP contribution in [0.25, 0.3) is 22.6 Å². The Morgan fingerprint density at radius 1 is 1.20 bits per heavy atom. The molecule has 1 aromatic heterocycles. The van der Waals surface area contributed by atoms with Crippen LogP contribution in [0.3, 0.4) is 0 Å². The van der Waals surface area contributed by atoms with Crippen molar-refractivity contribution < 1.29 is 9.21 Å². The van der Waals surface area contributed by atoms with Crippen molar-refractivity contribution in [3.05, 3.63) is 47.5 Å². The SMILES string of the molecule is Cc1ccc2oc(-c3cccc(N=C=O)c3C)nc2c1. The summed E-state index contributed by atoms with van der Waals surface area (Å²) >= 11 is 0. The van der Waals surface area contributed by atoms with E-state index in [1.54, 1.807) is 12.1 Å². The van der Waals surface area contributed by atoms with E-state index in [1.807, 2.05) is 44.2 Å². The topological polar surface area (TPSA) is 55.5 Å². The lowest BCUT2D eigenvalue weighted by molar-refractivity contribution is 0.565. The highest BCUT2D eigenvalue weighted by Crippen LogP contribution is 2.31. The van der Waals surface area contributed by atoms with Gasteiger partial charge in [-0.1, -0.05) is 12.1 Å². The van der Waals surface area contributed by atoms with Gasteiger partial charge in [-0.15, -0.1) is 0 Å². The highest BCUT2D eigenvalue weighted by atomic mass is 16.3. The van der Waals surface area contributed by atoms with Gasteiger partial charge >= 0.3 is 0 Å². The second-order valence-corrected chi connectivity index (χ2v) is 4.64. The molecule has 3 aromatic rings. The highest BCUT2D eigenvalue weighted by Gasteiger charge is 2.12. The Labute approximate surface area is 115 Å². The maximum atomic E-state index is 10.4. The zero-order valence-electron chi connectivity index (χ0n) is 11.2. The number of carbonyl (C=O) groups excluding carboxylic acids is 1. The molecule has 1 heterocycles. The molecule has 0 atom stereocenters. The number of isocyanates is 1. The van der Waals surface area contributed by atoms with Gasteiger partial charge < -0.3 is 4.42 Å². The number of aliphatic imine (C=N–C) groups is 1. The smallest absolute Gasteiger partial charge is 0.240 e. The molecule has 4 heteroatoms. The van der Waals surface area contributed by atoms with Crippen molar-refractivity contribution in [1.29, 1.82) is 0 Å². The average molecular weight is 264 g/mol. The number of nitrogens with zero attached hydrogens (tertiary/aromatic N) is 2. The third-order valence-electron chi connectivity index (χ3n) is 3.24. The van der Waals surface area contributed by atoms with Crippen LogP contribution in [0.1, 0.15) is 11.1 Å². The van der Waals surface area contributed by atoms with Gasteiger partial charge in [0.1, 0.15) is 5.52 Å². The summed E-state index contributed by atoms with van der Waals surface area (Å²) in [6.45, 7) is 3.89. The molecule has 0 unspecified atom stereocenters. The molecular formula is C16H12N2O2. The molecule has 0 amide bonds. The Balaban J connectivity index is 2.20. The van der Waals surface area contributed by atoms with E-state index in [2.05, 4.69) is 9.98 Å². The molecule has 0 aliphatic carbocycles. The normalized spacial score (nSPS) is 10.5. The van der Waals surface area contributed by atoms with E-state index in [4.69, 9.17) is 4.42 Å². The van der Waals surface area contributed by atoms with E-state index in [0.29, 0.717) is 11.6 Å². The second-order valence-electron chi connectivity index (χ2n) is 4.64.